The first-order valence-corrected chi connectivity index (χ1v) is 7.32. The van der Waals surface area contributed by atoms with Crippen LogP contribution in [0.3, 0.4) is 0 Å². The average molecular weight is 264 g/mol. The van der Waals surface area contributed by atoms with Crippen LogP contribution in [0.4, 0.5) is 0 Å². The molecule has 2 atom stereocenters. The molecule has 0 bridgehead atoms. The lowest BCUT2D eigenvalue weighted by atomic mass is 10.1. The fourth-order valence-electron chi connectivity index (χ4n) is 1.62. The van der Waals surface area contributed by atoms with Crippen molar-refractivity contribution in [3.8, 4) is 0 Å². The van der Waals surface area contributed by atoms with Gasteiger partial charge in [-0.2, -0.15) is 0 Å². The molecule has 0 aliphatic carbocycles. The van der Waals surface area contributed by atoms with Crippen molar-refractivity contribution in [3.05, 3.63) is 47.0 Å². The Bertz CT molecular complexity index is 465. The van der Waals surface area contributed by atoms with Crippen molar-refractivity contribution in [2.45, 2.75) is 29.5 Å². The van der Waals surface area contributed by atoms with Crippen molar-refractivity contribution in [1.29, 1.82) is 0 Å². The predicted octanol–water partition coefficient (Wildman–Crippen LogP) is 3.63. The number of nitrogens with zero attached hydrogens (tertiary/aromatic N) is 1. The summed E-state index contributed by atoms with van der Waals surface area (Å²) in [5, 5.41) is 2.34. The number of aryl methyl sites for hydroxylation is 1. The van der Waals surface area contributed by atoms with Crippen LogP contribution < -0.4 is 5.73 Å². The number of benzene rings is 1. The standard InChI is InChI=1S/C13H16N2S2/c1-9-8-16-13(15-9)17-12(10(2)14)11-6-4-3-5-7-11/h3-8,10,12H,14H2,1-2H3. The highest BCUT2D eigenvalue weighted by atomic mass is 32.2. The fraction of sp³-hybridized carbons (Fsp3) is 0.308. The van der Waals surface area contributed by atoms with Crippen molar-refractivity contribution in [1.82, 2.24) is 4.98 Å². The molecule has 4 heteroatoms. The summed E-state index contributed by atoms with van der Waals surface area (Å²) >= 11 is 3.44. The molecular formula is C13H16N2S2. The minimum atomic E-state index is 0.103. The molecule has 0 saturated carbocycles. The van der Waals surface area contributed by atoms with Gasteiger partial charge in [0.15, 0.2) is 4.34 Å². The van der Waals surface area contributed by atoms with Gasteiger partial charge >= 0.3 is 0 Å². The third-order valence-corrected chi connectivity index (χ3v) is 5.01. The Kier molecular flexibility index (Phi) is 4.20. The summed E-state index contributed by atoms with van der Waals surface area (Å²) in [6, 6.07) is 10.5. The Balaban J connectivity index is 2.19. The van der Waals surface area contributed by atoms with Gasteiger partial charge in [-0.15, -0.1) is 11.3 Å². The van der Waals surface area contributed by atoms with E-state index in [2.05, 4.69) is 34.6 Å². The summed E-state index contributed by atoms with van der Waals surface area (Å²) in [7, 11) is 0. The second-order valence-electron chi connectivity index (χ2n) is 4.06. The molecule has 0 aliphatic rings. The van der Waals surface area contributed by atoms with Crippen molar-refractivity contribution in [3.63, 3.8) is 0 Å². The summed E-state index contributed by atoms with van der Waals surface area (Å²) < 4.78 is 1.09. The van der Waals surface area contributed by atoms with E-state index in [1.54, 1.807) is 23.1 Å². The van der Waals surface area contributed by atoms with Crippen molar-refractivity contribution >= 4 is 23.1 Å². The summed E-state index contributed by atoms with van der Waals surface area (Å²) in [6.07, 6.45) is 0. The first-order valence-electron chi connectivity index (χ1n) is 5.56. The Morgan fingerprint density at radius 3 is 2.53 bits per heavy atom. The van der Waals surface area contributed by atoms with Crippen LogP contribution in [0, 0.1) is 6.92 Å². The molecule has 2 unspecified atom stereocenters. The third-order valence-electron chi connectivity index (χ3n) is 2.43. The minimum Gasteiger partial charge on any atom is -0.327 e. The van der Waals surface area contributed by atoms with Gasteiger partial charge < -0.3 is 5.73 Å². The van der Waals surface area contributed by atoms with E-state index < -0.39 is 0 Å². The van der Waals surface area contributed by atoms with E-state index in [1.165, 1.54) is 5.56 Å². The second kappa shape index (κ2) is 5.67. The van der Waals surface area contributed by atoms with E-state index in [4.69, 9.17) is 5.73 Å². The number of hydrogen-bond acceptors (Lipinski definition) is 4. The zero-order chi connectivity index (χ0) is 12.3. The molecule has 2 rings (SSSR count). The van der Waals surface area contributed by atoms with Crippen molar-refractivity contribution in [2.75, 3.05) is 0 Å². The molecule has 0 saturated heterocycles. The molecule has 2 nitrogen and oxygen atoms in total. The Morgan fingerprint density at radius 2 is 2.00 bits per heavy atom. The average Bonchev–Trinajstić information content (AvgIpc) is 2.73. The van der Waals surface area contributed by atoms with Crippen molar-refractivity contribution in [2.24, 2.45) is 5.73 Å². The molecule has 90 valence electrons. The van der Waals surface area contributed by atoms with E-state index in [1.807, 2.05) is 19.9 Å². The van der Waals surface area contributed by atoms with Gasteiger partial charge in [-0.05, 0) is 19.4 Å². The van der Waals surface area contributed by atoms with Crippen LogP contribution in [-0.2, 0) is 0 Å². The molecule has 1 aromatic carbocycles. The lowest BCUT2D eigenvalue weighted by Crippen LogP contribution is -2.22. The van der Waals surface area contributed by atoms with Gasteiger partial charge in [0.05, 0.1) is 5.25 Å². The lowest BCUT2D eigenvalue weighted by Gasteiger charge is -2.19. The molecule has 0 aliphatic heterocycles. The Labute approximate surface area is 110 Å². The lowest BCUT2D eigenvalue weighted by molar-refractivity contribution is 0.721. The van der Waals surface area contributed by atoms with Gasteiger partial charge in [0.25, 0.3) is 0 Å². The number of hydrogen-bond donors (Lipinski definition) is 1. The van der Waals surface area contributed by atoms with Gasteiger partial charge in [-0.25, -0.2) is 4.98 Å². The van der Waals surface area contributed by atoms with Crippen LogP contribution >= 0.6 is 23.1 Å². The van der Waals surface area contributed by atoms with Crippen LogP contribution in [0.2, 0.25) is 0 Å². The predicted molar refractivity (Wildman–Crippen MR) is 75.5 cm³/mol. The van der Waals surface area contributed by atoms with Crippen LogP contribution in [-0.4, -0.2) is 11.0 Å². The zero-order valence-corrected chi connectivity index (χ0v) is 11.6. The summed E-state index contributed by atoms with van der Waals surface area (Å²) in [5.41, 5.74) is 8.42. The molecule has 0 radical (unpaired) electrons. The van der Waals surface area contributed by atoms with Gasteiger partial charge in [-0.1, -0.05) is 42.1 Å². The third kappa shape index (κ3) is 3.31. The largest absolute Gasteiger partial charge is 0.327 e. The Hall–Kier alpha value is -0.840. The van der Waals surface area contributed by atoms with Crippen LogP contribution in [0.15, 0.2) is 40.1 Å². The van der Waals surface area contributed by atoms with Gasteiger partial charge in [0.1, 0.15) is 0 Å². The molecule has 1 heterocycles. The maximum atomic E-state index is 6.08. The minimum absolute atomic E-state index is 0.103. The SMILES string of the molecule is Cc1csc(SC(c2ccccc2)C(C)N)n1. The molecular weight excluding hydrogens is 248 g/mol. The number of thioether (sulfide) groups is 1. The maximum Gasteiger partial charge on any atom is 0.150 e. The fourth-order valence-corrected chi connectivity index (χ4v) is 3.74. The summed E-state index contributed by atoms with van der Waals surface area (Å²) in [6.45, 7) is 4.06. The van der Waals surface area contributed by atoms with Crippen LogP contribution in [0.25, 0.3) is 0 Å². The number of aromatic nitrogens is 1. The Morgan fingerprint density at radius 1 is 1.29 bits per heavy atom. The summed E-state index contributed by atoms with van der Waals surface area (Å²) in [5.74, 6) is 0. The first kappa shape index (κ1) is 12.6. The van der Waals surface area contributed by atoms with E-state index in [0.717, 1.165) is 10.0 Å². The number of nitrogens with two attached hydrogens (primary N) is 1. The van der Waals surface area contributed by atoms with E-state index >= 15 is 0 Å². The quantitative estimate of drug-likeness (QED) is 0.857. The smallest absolute Gasteiger partial charge is 0.150 e. The highest BCUT2D eigenvalue weighted by molar-refractivity contribution is 8.01. The number of rotatable bonds is 4. The second-order valence-corrected chi connectivity index (χ2v) is 6.31. The summed E-state index contributed by atoms with van der Waals surface area (Å²) in [4.78, 5) is 4.48. The van der Waals surface area contributed by atoms with Crippen LogP contribution in [0.5, 0.6) is 0 Å². The molecule has 1 aromatic heterocycles. The van der Waals surface area contributed by atoms with Gasteiger partial charge in [0.2, 0.25) is 0 Å². The normalized spacial score (nSPS) is 14.5. The molecule has 0 fully saturated rings. The molecule has 2 aromatic rings. The number of thiazole rings is 1. The molecule has 2 N–H and O–H groups in total. The zero-order valence-electron chi connectivity index (χ0n) is 9.96. The highest BCUT2D eigenvalue weighted by Crippen LogP contribution is 2.38. The van der Waals surface area contributed by atoms with Crippen LogP contribution in [0.1, 0.15) is 23.4 Å². The topological polar surface area (TPSA) is 38.9 Å². The molecule has 0 amide bonds. The molecule has 17 heavy (non-hydrogen) atoms. The highest BCUT2D eigenvalue weighted by Gasteiger charge is 2.18. The molecule has 0 spiro atoms. The first-order chi connectivity index (χ1) is 8.16. The van der Waals surface area contributed by atoms with E-state index in [0.29, 0.717) is 0 Å². The van der Waals surface area contributed by atoms with Gasteiger partial charge in [0, 0.05) is 17.1 Å². The monoisotopic (exact) mass is 264 g/mol. The van der Waals surface area contributed by atoms with E-state index in [-0.39, 0.29) is 11.3 Å². The maximum absolute atomic E-state index is 6.08. The van der Waals surface area contributed by atoms with E-state index in [9.17, 15) is 0 Å². The van der Waals surface area contributed by atoms with Crippen molar-refractivity contribution < 1.29 is 0 Å². The van der Waals surface area contributed by atoms with Gasteiger partial charge in [-0.3, -0.25) is 0 Å².